The topological polar surface area (TPSA) is 146 Å². The summed E-state index contributed by atoms with van der Waals surface area (Å²) in [6, 6.07) is 161. The first-order valence-corrected chi connectivity index (χ1v) is 47.4. The van der Waals surface area contributed by atoms with Crippen molar-refractivity contribution in [3.63, 3.8) is 0 Å². The average molecular weight is 1810 g/mol. The Hall–Kier alpha value is -19.4. The van der Waals surface area contributed by atoms with Crippen LogP contribution in [0.5, 0.6) is 0 Å². The SMILES string of the molecule is c1ccc(-n2c3ccccc3c3cc(-c4nc(-c5cccc(-n6c7ccccc7c7ccccc76)c5)nc5c4oc4ccccc45)ccc32)cc1.c1ccc(-n2c3ccccc3c3cc(-c4nc(-n5c6ccccc6c6ccccc65)nc5c4oc4ccccc45)ccc32)cc1.c1ccc(-n2c3ccccc3c3ccc(-c4nc(-n5c6ccccc6c6ccccc65)nc5c4oc4ccccc45)cc32)cc1. The molecule has 0 amide bonds. The second-order valence-electron chi connectivity index (χ2n) is 35.9. The Morgan fingerprint density at radius 3 is 0.766 bits per heavy atom. The lowest BCUT2D eigenvalue weighted by atomic mass is 10.1. The largest absolute Gasteiger partial charge is 0.452 e. The van der Waals surface area contributed by atoms with Crippen molar-refractivity contribution in [2.75, 3.05) is 0 Å². The molecule has 658 valence electrons. The van der Waals surface area contributed by atoms with E-state index in [0.717, 1.165) is 177 Å². The van der Waals surface area contributed by atoms with Gasteiger partial charge in [0, 0.05) is 126 Å². The molecule has 15 heteroatoms. The molecule has 31 rings (SSSR count). The highest BCUT2D eigenvalue weighted by molar-refractivity contribution is 6.19. The number of fused-ring (bicyclic) bond motifs is 27. The molecule has 0 spiro atoms. The van der Waals surface area contributed by atoms with Gasteiger partial charge in [0.2, 0.25) is 11.9 Å². The van der Waals surface area contributed by atoms with Gasteiger partial charge in [0.05, 0.1) is 66.2 Å². The molecule has 0 saturated carbocycles. The predicted octanol–water partition coefficient (Wildman–Crippen LogP) is 32.4. The Balaban J connectivity index is 0.000000102. The third-order valence-electron chi connectivity index (χ3n) is 28.0. The number of rotatable bonds is 10. The maximum atomic E-state index is 6.55. The maximum absolute atomic E-state index is 6.55. The van der Waals surface area contributed by atoms with E-state index < -0.39 is 0 Å². The summed E-state index contributed by atoms with van der Waals surface area (Å²) in [5.41, 5.74) is 30.9. The van der Waals surface area contributed by atoms with Crippen molar-refractivity contribution in [1.29, 1.82) is 0 Å². The van der Waals surface area contributed by atoms with Crippen molar-refractivity contribution >= 4 is 197 Å². The molecular weight excluding hydrogens is 1730 g/mol. The summed E-state index contributed by atoms with van der Waals surface area (Å²) in [6.45, 7) is 0. The number of hydrogen-bond donors (Lipinski definition) is 0. The fraction of sp³-hybridized carbons (Fsp3) is 0. The van der Waals surface area contributed by atoms with E-state index >= 15 is 0 Å². The molecule has 0 aliphatic heterocycles. The van der Waals surface area contributed by atoms with Gasteiger partial charge in [-0.05, 0) is 170 Å². The zero-order chi connectivity index (χ0) is 92.4. The fourth-order valence-electron chi connectivity index (χ4n) is 21.9. The van der Waals surface area contributed by atoms with E-state index in [4.69, 9.17) is 43.2 Å². The maximum Gasteiger partial charge on any atom is 0.236 e. The molecule has 0 saturated heterocycles. The van der Waals surface area contributed by atoms with Gasteiger partial charge < -0.3 is 31.5 Å². The van der Waals surface area contributed by atoms with Crippen LogP contribution in [0.25, 0.3) is 277 Å². The van der Waals surface area contributed by atoms with Crippen LogP contribution in [-0.2, 0) is 0 Å². The van der Waals surface area contributed by atoms with Crippen molar-refractivity contribution in [1.82, 2.24) is 57.3 Å². The fourth-order valence-corrected chi connectivity index (χ4v) is 21.9. The van der Waals surface area contributed by atoms with Gasteiger partial charge in [0.25, 0.3) is 0 Å². The number of hydrogen-bond acceptors (Lipinski definition) is 9. The summed E-state index contributed by atoms with van der Waals surface area (Å²) in [6.07, 6.45) is 0. The molecule has 12 aromatic heterocycles. The molecule has 0 aliphatic rings. The molecule has 15 nitrogen and oxygen atoms in total. The number of para-hydroxylation sites is 15. The minimum atomic E-state index is 0.616. The van der Waals surface area contributed by atoms with Crippen molar-refractivity contribution in [3.05, 3.63) is 461 Å². The van der Waals surface area contributed by atoms with Gasteiger partial charge in [-0.25, -0.2) is 29.9 Å². The second-order valence-corrected chi connectivity index (χ2v) is 35.9. The minimum absolute atomic E-state index is 0.616. The number of furan rings is 3. The van der Waals surface area contributed by atoms with Crippen LogP contribution in [0.1, 0.15) is 0 Å². The first-order chi connectivity index (χ1) is 70.0. The van der Waals surface area contributed by atoms with Gasteiger partial charge in [-0.15, -0.1) is 0 Å². The first kappa shape index (κ1) is 79.0. The van der Waals surface area contributed by atoms with Crippen LogP contribution in [0.4, 0.5) is 0 Å². The van der Waals surface area contributed by atoms with E-state index in [-0.39, 0.29) is 0 Å². The second kappa shape index (κ2) is 31.6. The summed E-state index contributed by atoms with van der Waals surface area (Å²) in [5.74, 6) is 1.89. The van der Waals surface area contributed by atoms with Crippen LogP contribution in [0.2, 0.25) is 0 Å². The van der Waals surface area contributed by atoms with Crippen LogP contribution in [-0.4, -0.2) is 57.3 Å². The monoisotopic (exact) mass is 1800 g/mol. The summed E-state index contributed by atoms with van der Waals surface area (Å²) < 4.78 is 33.3. The van der Waals surface area contributed by atoms with Gasteiger partial charge in [-0.2, -0.15) is 0 Å². The van der Waals surface area contributed by atoms with Gasteiger partial charge in [0.1, 0.15) is 50.4 Å². The summed E-state index contributed by atoms with van der Waals surface area (Å²) >= 11 is 0. The van der Waals surface area contributed by atoms with Crippen molar-refractivity contribution in [2.45, 2.75) is 0 Å². The third kappa shape index (κ3) is 12.4. The molecule has 141 heavy (non-hydrogen) atoms. The minimum Gasteiger partial charge on any atom is -0.452 e. The Kier molecular flexibility index (Phi) is 17.7. The van der Waals surface area contributed by atoms with Crippen molar-refractivity contribution in [3.8, 4) is 79.8 Å². The summed E-state index contributed by atoms with van der Waals surface area (Å²) in [5, 5.41) is 17.2. The molecule has 0 unspecified atom stereocenters. The number of benzene rings is 19. The quantitative estimate of drug-likeness (QED) is 0.131. The standard InChI is InChI=1S/C46H28N4O.2C40H24N4O/c1-2-14-31(15-3-1)49-40-23-10-6-19-35(40)37-28-29(25-26-41(37)49)43-45-44(36-20-7-11-24-42(36)51-45)48-46(47-43)30-13-12-16-32(27-30)50-38-21-8-4-17-33(38)34-18-5-9-22-39(34)50;1-2-12-26(13-3-1)43-32-18-8-6-16-29(32)31-24-25(22-23-35(31)43)37-39-38(30-17-7-11-21-36(30)45-39)42-40(41-37)44-33-19-9-4-14-27(33)28-15-5-10-20-34(28)44;1-2-12-26(13-3-1)43-32-18-8-4-16-29(32)30-23-22-25(24-35(30)43)37-39-38(31-17-7-11-21-36(31)45-39)42-40(41-37)44-33-19-9-5-14-27(33)28-15-6-10-20-34(28)44/h1-28H;2*1-24H. The highest BCUT2D eigenvalue weighted by Gasteiger charge is 2.28. The van der Waals surface area contributed by atoms with Crippen LogP contribution in [0, 0.1) is 0 Å². The Labute approximate surface area is 803 Å². The molecule has 19 aromatic carbocycles. The number of aromatic nitrogens is 12. The molecule has 12 heterocycles. The van der Waals surface area contributed by atoms with Crippen LogP contribution in [0.15, 0.2) is 474 Å². The lowest BCUT2D eigenvalue weighted by Gasteiger charge is -2.11. The zero-order valence-corrected chi connectivity index (χ0v) is 75.5. The molecule has 0 bridgehead atoms. The van der Waals surface area contributed by atoms with Gasteiger partial charge >= 0.3 is 0 Å². The van der Waals surface area contributed by atoms with Gasteiger partial charge in [-0.1, -0.05) is 291 Å². The third-order valence-corrected chi connectivity index (χ3v) is 28.0. The Morgan fingerprint density at radius 2 is 0.404 bits per heavy atom. The van der Waals surface area contributed by atoms with E-state index in [0.29, 0.717) is 34.5 Å². The van der Waals surface area contributed by atoms with Crippen LogP contribution < -0.4 is 0 Å². The van der Waals surface area contributed by atoms with E-state index in [1.165, 1.54) is 64.9 Å². The Bertz CT molecular complexity index is 10400. The van der Waals surface area contributed by atoms with Crippen molar-refractivity contribution in [2.24, 2.45) is 0 Å². The molecule has 0 radical (unpaired) electrons. The van der Waals surface area contributed by atoms with Crippen LogP contribution in [0.3, 0.4) is 0 Å². The van der Waals surface area contributed by atoms with Crippen LogP contribution >= 0.6 is 0 Å². The zero-order valence-electron chi connectivity index (χ0n) is 75.5. The highest BCUT2D eigenvalue weighted by atomic mass is 16.3. The average Bonchev–Trinajstić information content (AvgIpc) is 1.58. The lowest BCUT2D eigenvalue weighted by Crippen LogP contribution is -2.03. The van der Waals surface area contributed by atoms with E-state index in [1.54, 1.807) is 0 Å². The molecule has 0 N–H and O–H groups in total. The summed E-state index contributed by atoms with van der Waals surface area (Å²) in [4.78, 5) is 31.6. The summed E-state index contributed by atoms with van der Waals surface area (Å²) in [7, 11) is 0. The molecular formula is C126H76N12O3. The Morgan fingerprint density at radius 1 is 0.149 bits per heavy atom. The van der Waals surface area contributed by atoms with E-state index in [2.05, 4.69) is 434 Å². The normalized spacial score (nSPS) is 12.0. The van der Waals surface area contributed by atoms with E-state index in [1.807, 2.05) is 54.6 Å². The highest BCUT2D eigenvalue weighted by Crippen LogP contribution is 2.47. The van der Waals surface area contributed by atoms with Gasteiger partial charge in [-0.3, -0.25) is 9.13 Å². The molecule has 0 atom stereocenters. The predicted molar refractivity (Wildman–Crippen MR) is 576 cm³/mol. The lowest BCUT2D eigenvalue weighted by molar-refractivity contribution is 0.666. The molecule has 0 fully saturated rings. The van der Waals surface area contributed by atoms with Crippen molar-refractivity contribution < 1.29 is 13.3 Å². The molecule has 31 aromatic rings. The smallest absolute Gasteiger partial charge is 0.236 e. The van der Waals surface area contributed by atoms with E-state index in [9.17, 15) is 0 Å². The number of nitrogens with zero attached hydrogens (tertiary/aromatic N) is 12. The van der Waals surface area contributed by atoms with Gasteiger partial charge in [0.15, 0.2) is 22.6 Å². The first-order valence-electron chi connectivity index (χ1n) is 47.4. The molecule has 0 aliphatic carbocycles.